The predicted molar refractivity (Wildman–Crippen MR) is 133 cm³/mol. The highest BCUT2D eigenvalue weighted by Crippen LogP contribution is 2.34. The van der Waals surface area contributed by atoms with E-state index in [1.54, 1.807) is 13.3 Å². The number of carbonyl (C=O) groups is 1. The maximum atomic E-state index is 13.5. The first kappa shape index (κ1) is 23.5. The minimum Gasteiger partial charge on any atom is -0.495 e. The van der Waals surface area contributed by atoms with Gasteiger partial charge in [0.15, 0.2) is 0 Å². The summed E-state index contributed by atoms with van der Waals surface area (Å²) < 4.78 is 5.51. The summed E-state index contributed by atoms with van der Waals surface area (Å²) in [5.41, 5.74) is 3.06. The van der Waals surface area contributed by atoms with Crippen molar-refractivity contribution in [2.24, 2.45) is 0 Å². The number of benzene rings is 1. The number of nitrogens with zero attached hydrogens (tertiary/aromatic N) is 4. The normalized spacial score (nSPS) is 17.8. The van der Waals surface area contributed by atoms with Crippen LogP contribution in [0.4, 0.5) is 11.5 Å². The number of amides is 1. The average molecular weight is 461 g/mol. The molecule has 0 spiro atoms. The van der Waals surface area contributed by atoms with Gasteiger partial charge in [0.1, 0.15) is 17.4 Å². The summed E-state index contributed by atoms with van der Waals surface area (Å²) in [6, 6.07) is 11.4. The lowest BCUT2D eigenvalue weighted by atomic mass is 9.80. The molecule has 178 valence electrons. The average Bonchev–Trinajstić information content (AvgIpc) is 2.87. The van der Waals surface area contributed by atoms with Crippen molar-refractivity contribution in [3.63, 3.8) is 0 Å². The molecule has 34 heavy (non-hydrogen) atoms. The number of hydrogen-bond acceptors (Lipinski definition) is 7. The third-order valence-corrected chi connectivity index (χ3v) is 6.29. The molecule has 1 fully saturated rings. The van der Waals surface area contributed by atoms with Gasteiger partial charge >= 0.3 is 0 Å². The standard InChI is InChI=1S/C26H32N6O2/c1-18-13-23(27-3)31-25(30-18)26(2)10-6-12-32(17-26)24(33)20-8-9-22(34-4)21(14-20)29-16-19-7-5-11-28-15-19/h5,7-9,11,13-15,29H,6,10,12,16-17H2,1-4H3,(H,27,30,31)/t26-/m0/s1. The zero-order valence-electron chi connectivity index (χ0n) is 20.3. The van der Waals surface area contributed by atoms with Gasteiger partial charge in [0.2, 0.25) is 0 Å². The number of rotatable bonds is 7. The van der Waals surface area contributed by atoms with Gasteiger partial charge in [-0.05, 0) is 49.6 Å². The minimum atomic E-state index is -0.306. The van der Waals surface area contributed by atoms with E-state index in [1.807, 2.05) is 61.5 Å². The smallest absolute Gasteiger partial charge is 0.253 e. The molecule has 8 nitrogen and oxygen atoms in total. The number of aromatic nitrogens is 3. The number of piperidine rings is 1. The first-order valence-electron chi connectivity index (χ1n) is 11.6. The summed E-state index contributed by atoms with van der Waals surface area (Å²) in [4.78, 5) is 29.0. The van der Waals surface area contributed by atoms with Crippen molar-refractivity contribution < 1.29 is 9.53 Å². The fourth-order valence-electron chi connectivity index (χ4n) is 4.42. The van der Waals surface area contributed by atoms with Crippen molar-refractivity contribution in [2.45, 2.75) is 38.6 Å². The van der Waals surface area contributed by atoms with Crippen LogP contribution in [0, 0.1) is 6.92 Å². The van der Waals surface area contributed by atoms with E-state index in [9.17, 15) is 4.79 Å². The van der Waals surface area contributed by atoms with Crippen LogP contribution in [-0.2, 0) is 12.0 Å². The van der Waals surface area contributed by atoms with E-state index in [4.69, 9.17) is 14.7 Å². The SMILES string of the molecule is CNc1cc(C)nc([C@@]2(C)CCCN(C(=O)c3ccc(OC)c(NCc4cccnc4)c3)C2)n1. The number of nitrogens with one attached hydrogen (secondary N) is 2. The quantitative estimate of drug-likeness (QED) is 0.550. The monoisotopic (exact) mass is 460 g/mol. The third kappa shape index (κ3) is 5.11. The van der Waals surface area contributed by atoms with Crippen LogP contribution in [0.25, 0.3) is 0 Å². The largest absolute Gasteiger partial charge is 0.495 e. The summed E-state index contributed by atoms with van der Waals surface area (Å²) in [5, 5.41) is 6.49. The molecular weight excluding hydrogens is 428 g/mol. The molecule has 0 bridgehead atoms. The van der Waals surface area contributed by atoms with E-state index in [0.717, 1.165) is 41.4 Å². The molecule has 4 rings (SSSR count). The first-order valence-corrected chi connectivity index (χ1v) is 11.6. The van der Waals surface area contributed by atoms with Crippen molar-refractivity contribution in [1.29, 1.82) is 0 Å². The summed E-state index contributed by atoms with van der Waals surface area (Å²) in [6.07, 6.45) is 5.40. The minimum absolute atomic E-state index is 0.000464. The highest BCUT2D eigenvalue weighted by molar-refractivity contribution is 5.95. The second-order valence-corrected chi connectivity index (χ2v) is 8.99. The van der Waals surface area contributed by atoms with E-state index in [-0.39, 0.29) is 11.3 Å². The molecule has 1 aliphatic heterocycles. The number of hydrogen-bond donors (Lipinski definition) is 2. The van der Waals surface area contributed by atoms with Crippen LogP contribution in [0.2, 0.25) is 0 Å². The Hall–Kier alpha value is -3.68. The van der Waals surface area contributed by atoms with Gasteiger partial charge in [-0.1, -0.05) is 13.0 Å². The number of aryl methyl sites for hydroxylation is 1. The van der Waals surface area contributed by atoms with Crippen LogP contribution in [0.5, 0.6) is 5.75 Å². The van der Waals surface area contributed by atoms with E-state index >= 15 is 0 Å². The van der Waals surface area contributed by atoms with E-state index in [2.05, 4.69) is 22.5 Å². The van der Waals surface area contributed by atoms with Gasteiger partial charge in [0.05, 0.1) is 12.8 Å². The van der Waals surface area contributed by atoms with Crippen molar-refractivity contribution >= 4 is 17.4 Å². The molecule has 3 aromatic rings. The molecule has 1 aliphatic rings. The second kappa shape index (κ2) is 10.1. The van der Waals surface area contributed by atoms with Crippen molar-refractivity contribution in [3.8, 4) is 5.75 Å². The van der Waals surface area contributed by atoms with Crippen LogP contribution >= 0.6 is 0 Å². The van der Waals surface area contributed by atoms with E-state index in [0.29, 0.717) is 30.9 Å². The van der Waals surface area contributed by atoms with Crippen LogP contribution in [0.1, 0.15) is 47.2 Å². The third-order valence-electron chi connectivity index (χ3n) is 6.29. The topological polar surface area (TPSA) is 92.3 Å². The number of likely N-dealkylation sites (tertiary alicyclic amines) is 1. The molecule has 0 radical (unpaired) electrons. The second-order valence-electron chi connectivity index (χ2n) is 8.99. The molecule has 0 saturated carbocycles. The molecule has 1 aromatic carbocycles. The summed E-state index contributed by atoms with van der Waals surface area (Å²) >= 11 is 0. The number of pyridine rings is 1. The van der Waals surface area contributed by atoms with E-state index < -0.39 is 0 Å². The number of ether oxygens (including phenoxy) is 1. The summed E-state index contributed by atoms with van der Waals surface area (Å²) in [6.45, 7) is 5.99. The van der Waals surface area contributed by atoms with Crippen LogP contribution in [0.15, 0.2) is 48.8 Å². The van der Waals surface area contributed by atoms with Crippen molar-refractivity contribution in [3.05, 3.63) is 71.4 Å². The zero-order valence-corrected chi connectivity index (χ0v) is 20.3. The highest BCUT2D eigenvalue weighted by Gasteiger charge is 2.37. The van der Waals surface area contributed by atoms with Gasteiger partial charge in [-0.3, -0.25) is 9.78 Å². The Labute approximate surface area is 200 Å². The molecule has 1 atom stereocenters. The molecule has 2 aromatic heterocycles. The highest BCUT2D eigenvalue weighted by atomic mass is 16.5. The molecule has 1 saturated heterocycles. The maximum absolute atomic E-state index is 13.5. The lowest BCUT2D eigenvalue weighted by Gasteiger charge is -2.39. The lowest BCUT2D eigenvalue weighted by molar-refractivity contribution is 0.0644. The molecule has 1 amide bonds. The Morgan fingerprint density at radius 2 is 2.09 bits per heavy atom. The molecular formula is C26H32N6O2. The number of anilines is 2. The lowest BCUT2D eigenvalue weighted by Crippen LogP contribution is -2.48. The van der Waals surface area contributed by atoms with Crippen LogP contribution < -0.4 is 15.4 Å². The Kier molecular flexibility index (Phi) is 6.95. The van der Waals surface area contributed by atoms with Crippen molar-refractivity contribution in [1.82, 2.24) is 19.9 Å². The fourth-order valence-corrected chi connectivity index (χ4v) is 4.42. The van der Waals surface area contributed by atoms with Gasteiger partial charge in [-0.15, -0.1) is 0 Å². The predicted octanol–water partition coefficient (Wildman–Crippen LogP) is 4.04. The molecule has 3 heterocycles. The maximum Gasteiger partial charge on any atom is 0.253 e. The van der Waals surface area contributed by atoms with Gasteiger partial charge in [-0.2, -0.15) is 0 Å². The van der Waals surface area contributed by atoms with Crippen molar-refractivity contribution in [2.75, 3.05) is 37.9 Å². The summed E-state index contributed by atoms with van der Waals surface area (Å²) in [7, 11) is 3.48. The zero-order chi connectivity index (χ0) is 24.1. The molecule has 8 heteroatoms. The Morgan fingerprint density at radius 1 is 1.24 bits per heavy atom. The van der Waals surface area contributed by atoms with Gasteiger partial charge in [-0.25, -0.2) is 9.97 Å². The van der Waals surface area contributed by atoms with E-state index in [1.165, 1.54) is 0 Å². The Morgan fingerprint density at radius 3 is 2.82 bits per heavy atom. The van der Waals surface area contributed by atoms with Crippen LogP contribution in [-0.4, -0.2) is 53.0 Å². The summed E-state index contributed by atoms with van der Waals surface area (Å²) in [5.74, 6) is 2.27. The fraction of sp³-hybridized carbons (Fsp3) is 0.385. The first-order chi connectivity index (χ1) is 16.4. The van der Waals surface area contributed by atoms with Gasteiger partial charge in [0, 0.05) is 61.8 Å². The number of carbonyl (C=O) groups excluding carboxylic acids is 1. The number of methoxy groups -OCH3 is 1. The Bertz CT molecular complexity index is 1150. The molecule has 0 unspecified atom stereocenters. The molecule has 0 aliphatic carbocycles. The van der Waals surface area contributed by atoms with Crippen LogP contribution in [0.3, 0.4) is 0 Å². The van der Waals surface area contributed by atoms with Gasteiger partial charge in [0.25, 0.3) is 5.91 Å². The van der Waals surface area contributed by atoms with Gasteiger partial charge < -0.3 is 20.3 Å². The Balaban J connectivity index is 1.54. The molecule has 2 N–H and O–H groups in total.